The van der Waals surface area contributed by atoms with Crippen LogP contribution in [0.4, 0.5) is 5.69 Å². The highest BCUT2D eigenvalue weighted by atomic mass is 32.1. The van der Waals surface area contributed by atoms with Gasteiger partial charge in [0.1, 0.15) is 5.75 Å². The maximum atomic E-state index is 9.95. The quantitative estimate of drug-likeness (QED) is 0.718. The van der Waals surface area contributed by atoms with E-state index in [2.05, 4.69) is 17.6 Å². The molecule has 3 rings (SSSR count). The minimum atomic E-state index is 0.293. The zero-order chi connectivity index (χ0) is 15.5. The Labute approximate surface area is 136 Å². The van der Waals surface area contributed by atoms with Crippen molar-refractivity contribution in [1.29, 1.82) is 0 Å². The summed E-state index contributed by atoms with van der Waals surface area (Å²) >= 11 is 5.48. The molecule has 0 aromatic heterocycles. The first-order valence-corrected chi connectivity index (χ1v) is 8.34. The van der Waals surface area contributed by atoms with Crippen LogP contribution in [0.25, 0.3) is 10.8 Å². The van der Waals surface area contributed by atoms with Crippen LogP contribution < -0.4 is 10.6 Å². The SMILES string of the molecule is CC1CCCCC1NC(=S)Nc1cccc2c(O)cccc12. The standard InChI is InChI=1S/C18H22N2OS/c1-12-6-2-3-9-15(12)19-18(22)20-16-10-4-8-14-13(16)7-5-11-17(14)21/h4-5,7-8,10-12,15,21H,2-3,6,9H2,1H3,(H2,19,20,22). The van der Waals surface area contributed by atoms with Crippen LogP contribution in [-0.2, 0) is 0 Å². The number of rotatable bonds is 2. The molecule has 2 aromatic rings. The fraction of sp³-hybridized carbons (Fsp3) is 0.389. The van der Waals surface area contributed by atoms with E-state index in [1.165, 1.54) is 25.7 Å². The second-order valence-corrected chi connectivity index (χ2v) is 6.55. The lowest BCUT2D eigenvalue weighted by molar-refractivity contribution is 0.309. The Kier molecular flexibility index (Phi) is 4.48. The number of phenols is 1. The first-order valence-electron chi connectivity index (χ1n) is 7.93. The van der Waals surface area contributed by atoms with Gasteiger partial charge < -0.3 is 15.7 Å². The summed E-state index contributed by atoms with van der Waals surface area (Å²) in [5.41, 5.74) is 0.925. The molecule has 0 spiro atoms. The summed E-state index contributed by atoms with van der Waals surface area (Å²) in [4.78, 5) is 0. The molecule has 3 N–H and O–H groups in total. The van der Waals surface area contributed by atoms with Crippen LogP contribution in [-0.4, -0.2) is 16.3 Å². The van der Waals surface area contributed by atoms with Crippen molar-refractivity contribution in [2.45, 2.75) is 38.6 Å². The fourth-order valence-corrected chi connectivity index (χ4v) is 3.52. The summed E-state index contributed by atoms with van der Waals surface area (Å²) in [6.45, 7) is 2.29. The molecule has 1 aliphatic rings. The van der Waals surface area contributed by atoms with Gasteiger partial charge in [-0.2, -0.15) is 0 Å². The molecule has 1 saturated carbocycles. The maximum absolute atomic E-state index is 9.95. The number of phenolic OH excluding ortho intramolecular Hbond substituents is 1. The number of thiocarbonyl (C=S) groups is 1. The second-order valence-electron chi connectivity index (χ2n) is 6.14. The maximum Gasteiger partial charge on any atom is 0.171 e. The molecule has 0 amide bonds. The van der Waals surface area contributed by atoms with Crippen molar-refractivity contribution in [3.05, 3.63) is 36.4 Å². The van der Waals surface area contributed by atoms with E-state index in [1.807, 2.05) is 30.3 Å². The number of hydrogen-bond acceptors (Lipinski definition) is 2. The van der Waals surface area contributed by atoms with Gasteiger partial charge >= 0.3 is 0 Å². The highest BCUT2D eigenvalue weighted by Gasteiger charge is 2.21. The number of nitrogens with one attached hydrogen (secondary N) is 2. The Morgan fingerprint density at radius 1 is 1.09 bits per heavy atom. The zero-order valence-corrected chi connectivity index (χ0v) is 13.6. The molecule has 116 valence electrons. The van der Waals surface area contributed by atoms with Crippen LogP contribution in [0, 0.1) is 5.92 Å². The minimum Gasteiger partial charge on any atom is -0.507 e. The number of fused-ring (bicyclic) bond motifs is 1. The fourth-order valence-electron chi connectivity index (χ4n) is 3.26. The molecule has 2 aromatic carbocycles. The third-order valence-electron chi connectivity index (χ3n) is 4.58. The molecule has 2 atom stereocenters. The van der Waals surface area contributed by atoms with Crippen molar-refractivity contribution in [2.75, 3.05) is 5.32 Å². The van der Waals surface area contributed by atoms with Gasteiger partial charge in [0.05, 0.1) is 0 Å². The largest absolute Gasteiger partial charge is 0.507 e. The molecule has 1 aliphatic carbocycles. The van der Waals surface area contributed by atoms with E-state index in [1.54, 1.807) is 6.07 Å². The third kappa shape index (κ3) is 3.17. The van der Waals surface area contributed by atoms with E-state index in [9.17, 15) is 5.11 Å². The lowest BCUT2D eigenvalue weighted by atomic mass is 9.86. The lowest BCUT2D eigenvalue weighted by Gasteiger charge is -2.30. The second kappa shape index (κ2) is 6.53. The Morgan fingerprint density at radius 2 is 1.82 bits per heavy atom. The van der Waals surface area contributed by atoms with Crippen molar-refractivity contribution >= 4 is 33.8 Å². The molecule has 0 heterocycles. The van der Waals surface area contributed by atoms with E-state index >= 15 is 0 Å². The van der Waals surface area contributed by atoms with Crippen molar-refractivity contribution in [2.24, 2.45) is 5.92 Å². The van der Waals surface area contributed by atoms with Crippen molar-refractivity contribution in [1.82, 2.24) is 5.32 Å². The predicted molar refractivity (Wildman–Crippen MR) is 96.4 cm³/mol. The van der Waals surface area contributed by atoms with Crippen molar-refractivity contribution < 1.29 is 5.11 Å². The number of anilines is 1. The first kappa shape index (κ1) is 15.1. The first-order chi connectivity index (χ1) is 10.6. The van der Waals surface area contributed by atoms with Gasteiger partial charge in [-0.05, 0) is 43.1 Å². The average Bonchev–Trinajstić information content (AvgIpc) is 2.51. The Morgan fingerprint density at radius 3 is 2.64 bits per heavy atom. The summed E-state index contributed by atoms with van der Waals surface area (Å²) < 4.78 is 0. The number of hydrogen-bond donors (Lipinski definition) is 3. The molecule has 4 heteroatoms. The van der Waals surface area contributed by atoms with Gasteiger partial charge in [-0.15, -0.1) is 0 Å². The van der Waals surface area contributed by atoms with Crippen LogP contribution in [0.15, 0.2) is 36.4 Å². The molecule has 1 fully saturated rings. The summed E-state index contributed by atoms with van der Waals surface area (Å²) in [5, 5.41) is 19.2. The molecular formula is C18H22N2OS. The highest BCUT2D eigenvalue weighted by molar-refractivity contribution is 7.80. The van der Waals surface area contributed by atoms with Crippen molar-refractivity contribution in [3.63, 3.8) is 0 Å². The highest BCUT2D eigenvalue weighted by Crippen LogP contribution is 2.30. The predicted octanol–water partition coefficient (Wildman–Crippen LogP) is 4.41. The smallest absolute Gasteiger partial charge is 0.171 e. The van der Waals surface area contributed by atoms with Gasteiger partial charge in [-0.1, -0.05) is 44.0 Å². The summed E-state index contributed by atoms with van der Waals surface area (Å²) in [7, 11) is 0. The van der Waals surface area contributed by atoms with E-state index in [0.29, 0.717) is 22.8 Å². The molecular weight excluding hydrogens is 292 g/mol. The Bertz CT molecular complexity index is 686. The molecule has 0 radical (unpaired) electrons. The van der Waals surface area contributed by atoms with Crippen LogP contribution in [0.3, 0.4) is 0 Å². The van der Waals surface area contributed by atoms with Crippen LogP contribution in [0.5, 0.6) is 5.75 Å². The molecule has 0 aliphatic heterocycles. The Balaban J connectivity index is 1.75. The van der Waals surface area contributed by atoms with E-state index in [-0.39, 0.29) is 0 Å². The number of benzene rings is 2. The number of aromatic hydroxyl groups is 1. The van der Waals surface area contributed by atoms with Gasteiger partial charge in [0.2, 0.25) is 0 Å². The summed E-state index contributed by atoms with van der Waals surface area (Å²) in [6, 6.07) is 11.8. The van der Waals surface area contributed by atoms with Crippen LogP contribution in [0.2, 0.25) is 0 Å². The van der Waals surface area contributed by atoms with Gasteiger partial charge in [0, 0.05) is 22.5 Å². The molecule has 0 saturated heterocycles. The van der Waals surface area contributed by atoms with Gasteiger partial charge in [-0.3, -0.25) is 0 Å². The minimum absolute atomic E-state index is 0.293. The van der Waals surface area contributed by atoms with E-state index < -0.39 is 0 Å². The third-order valence-corrected chi connectivity index (χ3v) is 4.80. The average molecular weight is 314 g/mol. The topological polar surface area (TPSA) is 44.3 Å². The zero-order valence-electron chi connectivity index (χ0n) is 12.8. The normalized spacial score (nSPS) is 21.5. The lowest BCUT2D eigenvalue weighted by Crippen LogP contribution is -2.43. The molecule has 22 heavy (non-hydrogen) atoms. The molecule has 0 bridgehead atoms. The van der Waals surface area contributed by atoms with E-state index in [4.69, 9.17) is 12.2 Å². The molecule has 2 unspecified atom stereocenters. The summed E-state index contributed by atoms with van der Waals surface area (Å²) in [6.07, 6.45) is 5.04. The van der Waals surface area contributed by atoms with Gasteiger partial charge in [0.15, 0.2) is 5.11 Å². The van der Waals surface area contributed by atoms with Crippen molar-refractivity contribution in [3.8, 4) is 5.75 Å². The van der Waals surface area contributed by atoms with Gasteiger partial charge in [0.25, 0.3) is 0 Å². The van der Waals surface area contributed by atoms with Gasteiger partial charge in [-0.25, -0.2) is 0 Å². The summed E-state index contributed by atoms with van der Waals surface area (Å²) in [5.74, 6) is 0.950. The monoisotopic (exact) mass is 314 g/mol. The van der Waals surface area contributed by atoms with E-state index in [0.717, 1.165) is 16.5 Å². The van der Waals surface area contributed by atoms with Crippen LogP contribution >= 0.6 is 12.2 Å². The Hall–Kier alpha value is -1.81. The molecule has 3 nitrogen and oxygen atoms in total. The van der Waals surface area contributed by atoms with Crippen LogP contribution in [0.1, 0.15) is 32.6 Å².